The normalized spacial score (nSPS) is 55.8. The van der Waals surface area contributed by atoms with Gasteiger partial charge in [0.2, 0.25) is 0 Å². The van der Waals surface area contributed by atoms with Gasteiger partial charge in [0.1, 0.15) is 0 Å². The van der Waals surface area contributed by atoms with Crippen molar-refractivity contribution in [2.75, 3.05) is 6.61 Å². The molecule has 0 aromatic heterocycles. The first-order valence-electron chi connectivity index (χ1n) is 10.6. The number of aliphatic hydroxyl groups excluding tert-OH is 1. The van der Waals surface area contributed by atoms with Gasteiger partial charge in [-0.05, 0) is 97.7 Å². The van der Waals surface area contributed by atoms with Crippen LogP contribution >= 0.6 is 0 Å². The van der Waals surface area contributed by atoms with Crippen LogP contribution in [0.2, 0.25) is 0 Å². The largest absolute Gasteiger partial charge is 0.396 e. The topological polar surface area (TPSA) is 20.2 Å². The highest BCUT2D eigenvalue weighted by Crippen LogP contribution is 2.68. The van der Waals surface area contributed by atoms with E-state index in [4.69, 9.17) is 0 Å². The maximum Gasteiger partial charge on any atom is 0.0433 e. The molecule has 132 valence electrons. The maximum atomic E-state index is 9.49. The summed E-state index contributed by atoms with van der Waals surface area (Å²) in [6, 6.07) is 0. The van der Waals surface area contributed by atoms with Crippen molar-refractivity contribution in [1.82, 2.24) is 0 Å². The summed E-state index contributed by atoms with van der Waals surface area (Å²) in [4.78, 5) is 0. The van der Waals surface area contributed by atoms with Crippen molar-refractivity contribution in [2.45, 2.75) is 85.0 Å². The van der Waals surface area contributed by atoms with Crippen molar-refractivity contribution < 1.29 is 5.11 Å². The molecule has 4 saturated carbocycles. The molecule has 0 aromatic carbocycles. The van der Waals surface area contributed by atoms with Crippen LogP contribution in [-0.4, -0.2) is 11.7 Å². The second-order valence-electron chi connectivity index (χ2n) is 10.2. The van der Waals surface area contributed by atoms with Gasteiger partial charge in [-0.3, -0.25) is 0 Å². The van der Waals surface area contributed by atoms with E-state index in [9.17, 15) is 5.11 Å². The molecule has 1 nitrogen and oxygen atoms in total. The van der Waals surface area contributed by atoms with E-state index in [-0.39, 0.29) is 0 Å². The van der Waals surface area contributed by atoms with Gasteiger partial charge in [0.15, 0.2) is 0 Å². The van der Waals surface area contributed by atoms with Crippen molar-refractivity contribution in [2.24, 2.45) is 46.3 Å². The summed E-state index contributed by atoms with van der Waals surface area (Å²) in [5.41, 5.74) is 1.24. The molecule has 4 aliphatic rings. The van der Waals surface area contributed by atoms with E-state index in [0.29, 0.717) is 17.4 Å². The third-order valence-corrected chi connectivity index (χ3v) is 9.82. The molecule has 0 radical (unpaired) electrons. The van der Waals surface area contributed by atoms with Crippen LogP contribution in [0.25, 0.3) is 0 Å². The van der Waals surface area contributed by atoms with Gasteiger partial charge < -0.3 is 5.11 Å². The van der Waals surface area contributed by atoms with Crippen LogP contribution in [0.3, 0.4) is 0 Å². The molecule has 4 unspecified atom stereocenters. The lowest BCUT2D eigenvalue weighted by Crippen LogP contribution is -2.52. The molecule has 0 bridgehead atoms. The Balaban J connectivity index is 1.61. The number of rotatable bonds is 2. The predicted octanol–water partition coefficient (Wildman–Crippen LogP) is 5.66. The van der Waals surface area contributed by atoms with E-state index in [1.807, 2.05) is 0 Å². The minimum atomic E-state index is 0.395. The van der Waals surface area contributed by atoms with Crippen LogP contribution in [0, 0.1) is 46.3 Å². The molecule has 4 aliphatic carbocycles. The molecule has 0 aromatic rings. The minimum Gasteiger partial charge on any atom is -0.396 e. The number of aliphatic hydroxyl groups is 1. The number of hydrogen-bond donors (Lipinski definition) is 1. The molecule has 1 heteroatoms. The number of fused-ring (bicyclic) bond motifs is 5. The van der Waals surface area contributed by atoms with Crippen LogP contribution < -0.4 is 0 Å². The van der Waals surface area contributed by atoms with Crippen LogP contribution in [0.5, 0.6) is 0 Å². The van der Waals surface area contributed by atoms with Gasteiger partial charge >= 0.3 is 0 Å². The Bertz CT molecular complexity index is 445. The smallest absolute Gasteiger partial charge is 0.0433 e. The highest BCUT2D eigenvalue weighted by molar-refractivity contribution is 5.09. The van der Waals surface area contributed by atoms with Crippen molar-refractivity contribution in [3.63, 3.8) is 0 Å². The lowest BCUT2D eigenvalue weighted by Gasteiger charge is -2.60. The van der Waals surface area contributed by atoms with Gasteiger partial charge in [0.05, 0.1) is 0 Å². The van der Waals surface area contributed by atoms with Crippen molar-refractivity contribution in [3.05, 3.63) is 0 Å². The minimum absolute atomic E-state index is 0.395. The molecule has 0 aliphatic heterocycles. The second kappa shape index (κ2) is 5.75. The molecular weight excluding hydrogens is 280 g/mol. The molecule has 4 rings (SSSR count). The average Bonchev–Trinajstić information content (AvgIpc) is 2.79. The van der Waals surface area contributed by atoms with E-state index in [1.54, 1.807) is 0 Å². The van der Waals surface area contributed by atoms with Gasteiger partial charge in [0, 0.05) is 6.61 Å². The summed E-state index contributed by atoms with van der Waals surface area (Å²) < 4.78 is 0. The summed E-state index contributed by atoms with van der Waals surface area (Å²) in [5.74, 6) is 5.60. The molecule has 23 heavy (non-hydrogen) atoms. The highest BCUT2D eigenvalue weighted by Gasteiger charge is 2.60. The molecule has 8 atom stereocenters. The van der Waals surface area contributed by atoms with E-state index in [2.05, 4.69) is 20.8 Å². The summed E-state index contributed by atoms with van der Waals surface area (Å²) in [7, 11) is 0. The summed E-state index contributed by atoms with van der Waals surface area (Å²) in [6.45, 7) is 8.20. The van der Waals surface area contributed by atoms with Crippen molar-refractivity contribution in [1.29, 1.82) is 0 Å². The van der Waals surface area contributed by atoms with Crippen LogP contribution in [0.1, 0.15) is 85.0 Å². The van der Waals surface area contributed by atoms with Gasteiger partial charge in [-0.15, -0.1) is 0 Å². The Morgan fingerprint density at radius 3 is 2.52 bits per heavy atom. The predicted molar refractivity (Wildman–Crippen MR) is 96.1 cm³/mol. The molecule has 4 fully saturated rings. The van der Waals surface area contributed by atoms with Gasteiger partial charge in [0.25, 0.3) is 0 Å². The standard InChI is InChI=1S/C22H38O/c1-15-16(10-13-23)14-20-18-8-7-17-6-4-5-11-22(17,3)19(18)9-12-21(15,20)2/h15-20,23H,4-14H2,1-3H3/t15-,16?,17-,18?,19?,20?,21+,22-/m0/s1. The summed E-state index contributed by atoms with van der Waals surface area (Å²) in [6.07, 6.45) is 14.5. The molecule has 1 N–H and O–H groups in total. The zero-order valence-electron chi connectivity index (χ0n) is 15.7. The first kappa shape index (κ1) is 16.4. The fourth-order valence-electron chi connectivity index (χ4n) is 8.25. The maximum absolute atomic E-state index is 9.49. The Hall–Kier alpha value is -0.0400. The lowest BCUT2D eigenvalue weighted by atomic mass is 9.45. The van der Waals surface area contributed by atoms with E-state index >= 15 is 0 Å². The Labute approximate surface area is 143 Å². The van der Waals surface area contributed by atoms with Crippen LogP contribution in [-0.2, 0) is 0 Å². The Kier molecular flexibility index (Phi) is 4.11. The molecule has 0 spiro atoms. The molecule has 0 heterocycles. The third-order valence-electron chi connectivity index (χ3n) is 9.82. The van der Waals surface area contributed by atoms with Crippen molar-refractivity contribution in [3.8, 4) is 0 Å². The molecule has 0 amide bonds. The first-order valence-corrected chi connectivity index (χ1v) is 10.6. The third kappa shape index (κ3) is 2.28. The van der Waals surface area contributed by atoms with Crippen molar-refractivity contribution >= 4 is 0 Å². The zero-order valence-corrected chi connectivity index (χ0v) is 15.7. The van der Waals surface area contributed by atoms with Crippen LogP contribution in [0.4, 0.5) is 0 Å². The van der Waals surface area contributed by atoms with Gasteiger partial charge in [-0.1, -0.05) is 33.6 Å². The van der Waals surface area contributed by atoms with E-state index < -0.39 is 0 Å². The second-order valence-corrected chi connectivity index (χ2v) is 10.2. The van der Waals surface area contributed by atoms with E-state index in [0.717, 1.165) is 41.9 Å². The average molecular weight is 319 g/mol. The van der Waals surface area contributed by atoms with E-state index in [1.165, 1.54) is 57.8 Å². The fourth-order valence-corrected chi connectivity index (χ4v) is 8.25. The zero-order chi connectivity index (χ0) is 16.2. The summed E-state index contributed by atoms with van der Waals surface area (Å²) in [5, 5.41) is 9.49. The monoisotopic (exact) mass is 318 g/mol. The fraction of sp³-hybridized carbons (Fsp3) is 1.00. The Morgan fingerprint density at radius 1 is 0.913 bits per heavy atom. The SMILES string of the molecule is C[C@H]1C(CCO)CC2C3CC[C@@H]4CCCC[C@]4(C)C3CC[C@@]21C. The highest BCUT2D eigenvalue weighted by atomic mass is 16.3. The lowest BCUT2D eigenvalue weighted by molar-refractivity contribution is -0.109. The van der Waals surface area contributed by atoms with Gasteiger partial charge in [-0.25, -0.2) is 0 Å². The summed E-state index contributed by atoms with van der Waals surface area (Å²) >= 11 is 0. The van der Waals surface area contributed by atoms with Gasteiger partial charge in [-0.2, -0.15) is 0 Å². The van der Waals surface area contributed by atoms with Crippen LogP contribution in [0.15, 0.2) is 0 Å². The Morgan fingerprint density at radius 2 is 1.74 bits per heavy atom. The molecular formula is C22H38O. The number of hydrogen-bond acceptors (Lipinski definition) is 1. The first-order chi connectivity index (χ1) is 11.0. The quantitative estimate of drug-likeness (QED) is 0.696. The molecule has 0 saturated heterocycles.